The fourth-order valence-corrected chi connectivity index (χ4v) is 2.35. The number of urea groups is 1. The van der Waals surface area contributed by atoms with Crippen molar-refractivity contribution in [1.29, 1.82) is 0 Å². The van der Waals surface area contributed by atoms with E-state index in [9.17, 15) is 9.90 Å². The van der Waals surface area contributed by atoms with Crippen LogP contribution in [0.4, 0.5) is 4.79 Å². The van der Waals surface area contributed by atoms with Crippen LogP contribution in [-0.4, -0.2) is 24.2 Å². The topological polar surface area (TPSA) is 61.4 Å². The van der Waals surface area contributed by atoms with Crippen molar-refractivity contribution >= 4 is 6.03 Å². The summed E-state index contributed by atoms with van der Waals surface area (Å²) in [5.74, 6) is 0. The Labute approximate surface area is 137 Å². The minimum Gasteiger partial charge on any atom is -0.384 e. The molecule has 4 nitrogen and oxygen atoms in total. The third kappa shape index (κ3) is 5.75. The van der Waals surface area contributed by atoms with Crippen LogP contribution in [0.15, 0.2) is 60.7 Å². The SMILES string of the molecule is CC(O)(CNC(=O)NCCCc1ccccc1)c1ccccc1. The lowest BCUT2D eigenvalue weighted by Gasteiger charge is -2.24. The number of amides is 2. The molecule has 23 heavy (non-hydrogen) atoms. The third-order valence-corrected chi connectivity index (χ3v) is 3.76. The summed E-state index contributed by atoms with van der Waals surface area (Å²) >= 11 is 0. The number of rotatable bonds is 7. The van der Waals surface area contributed by atoms with Crippen LogP contribution in [0.25, 0.3) is 0 Å². The fourth-order valence-electron chi connectivity index (χ4n) is 2.35. The average molecular weight is 312 g/mol. The molecule has 2 aromatic rings. The van der Waals surface area contributed by atoms with Gasteiger partial charge < -0.3 is 15.7 Å². The van der Waals surface area contributed by atoms with Gasteiger partial charge in [-0.15, -0.1) is 0 Å². The van der Waals surface area contributed by atoms with Crippen molar-refractivity contribution in [3.8, 4) is 0 Å². The summed E-state index contributed by atoms with van der Waals surface area (Å²) in [5, 5.41) is 15.9. The van der Waals surface area contributed by atoms with Crippen molar-refractivity contribution in [1.82, 2.24) is 10.6 Å². The normalized spacial score (nSPS) is 13.1. The number of aryl methyl sites for hydroxylation is 1. The van der Waals surface area contributed by atoms with Crippen LogP contribution in [0.3, 0.4) is 0 Å². The Hall–Kier alpha value is -2.33. The van der Waals surface area contributed by atoms with Crippen molar-refractivity contribution in [3.63, 3.8) is 0 Å². The monoisotopic (exact) mass is 312 g/mol. The van der Waals surface area contributed by atoms with E-state index in [2.05, 4.69) is 22.8 Å². The highest BCUT2D eigenvalue weighted by molar-refractivity contribution is 5.73. The Morgan fingerprint density at radius 3 is 2.26 bits per heavy atom. The highest BCUT2D eigenvalue weighted by Crippen LogP contribution is 2.18. The Morgan fingerprint density at radius 1 is 1.00 bits per heavy atom. The summed E-state index contributed by atoms with van der Waals surface area (Å²) in [6.07, 6.45) is 1.81. The molecule has 0 aliphatic heterocycles. The van der Waals surface area contributed by atoms with Crippen LogP contribution >= 0.6 is 0 Å². The molecule has 0 radical (unpaired) electrons. The Bertz CT molecular complexity index is 597. The Morgan fingerprint density at radius 2 is 1.61 bits per heavy atom. The van der Waals surface area contributed by atoms with Gasteiger partial charge in [0, 0.05) is 6.54 Å². The van der Waals surface area contributed by atoms with Crippen molar-refractivity contribution in [2.45, 2.75) is 25.4 Å². The maximum absolute atomic E-state index is 11.8. The van der Waals surface area contributed by atoms with E-state index in [-0.39, 0.29) is 12.6 Å². The predicted octanol–water partition coefficient (Wildman–Crippen LogP) is 2.83. The van der Waals surface area contributed by atoms with Crippen LogP contribution in [0.5, 0.6) is 0 Å². The van der Waals surface area contributed by atoms with Gasteiger partial charge in [0.15, 0.2) is 0 Å². The van der Waals surface area contributed by atoms with Gasteiger partial charge >= 0.3 is 6.03 Å². The van der Waals surface area contributed by atoms with Gasteiger partial charge in [-0.25, -0.2) is 4.79 Å². The minimum atomic E-state index is -1.08. The van der Waals surface area contributed by atoms with Crippen LogP contribution in [-0.2, 0) is 12.0 Å². The molecular formula is C19H24N2O2. The van der Waals surface area contributed by atoms with Crippen LogP contribution in [0.2, 0.25) is 0 Å². The zero-order chi connectivity index (χ0) is 16.5. The molecule has 2 amide bonds. The molecule has 1 unspecified atom stereocenters. The zero-order valence-corrected chi connectivity index (χ0v) is 13.5. The first kappa shape index (κ1) is 17.0. The average Bonchev–Trinajstić information content (AvgIpc) is 2.59. The van der Waals surface area contributed by atoms with Crippen LogP contribution in [0, 0.1) is 0 Å². The highest BCUT2D eigenvalue weighted by atomic mass is 16.3. The summed E-state index contributed by atoms with van der Waals surface area (Å²) in [6, 6.07) is 19.3. The first-order chi connectivity index (χ1) is 11.1. The molecule has 0 heterocycles. The van der Waals surface area contributed by atoms with Gasteiger partial charge in [-0.3, -0.25) is 0 Å². The molecule has 0 spiro atoms. The van der Waals surface area contributed by atoms with E-state index in [1.54, 1.807) is 6.92 Å². The summed E-state index contributed by atoms with van der Waals surface area (Å²) in [4.78, 5) is 11.8. The molecule has 0 aliphatic rings. The van der Waals surface area contributed by atoms with E-state index in [1.165, 1.54) is 5.56 Å². The summed E-state index contributed by atoms with van der Waals surface area (Å²) < 4.78 is 0. The van der Waals surface area contributed by atoms with E-state index in [1.807, 2.05) is 48.5 Å². The number of aliphatic hydroxyl groups is 1. The van der Waals surface area contributed by atoms with Gasteiger partial charge in [0.2, 0.25) is 0 Å². The number of benzene rings is 2. The number of carbonyl (C=O) groups excluding carboxylic acids is 1. The van der Waals surface area contributed by atoms with Crippen molar-refractivity contribution < 1.29 is 9.90 Å². The fraction of sp³-hybridized carbons (Fsp3) is 0.316. The first-order valence-corrected chi connectivity index (χ1v) is 7.91. The molecule has 0 bridgehead atoms. The third-order valence-electron chi connectivity index (χ3n) is 3.76. The molecule has 0 fully saturated rings. The summed E-state index contributed by atoms with van der Waals surface area (Å²) in [7, 11) is 0. The van der Waals surface area contributed by atoms with Crippen molar-refractivity contribution in [2.24, 2.45) is 0 Å². The quantitative estimate of drug-likeness (QED) is 0.689. The molecule has 122 valence electrons. The van der Waals surface area contributed by atoms with E-state index < -0.39 is 5.60 Å². The molecule has 0 saturated carbocycles. The minimum absolute atomic E-state index is 0.168. The lowest BCUT2D eigenvalue weighted by molar-refractivity contribution is 0.0594. The number of hydrogen-bond acceptors (Lipinski definition) is 2. The second kappa shape index (κ2) is 8.34. The Balaban J connectivity index is 1.67. The molecule has 0 aromatic heterocycles. The molecular weight excluding hydrogens is 288 g/mol. The Kier molecular flexibility index (Phi) is 6.18. The van der Waals surface area contributed by atoms with Gasteiger partial charge in [0.05, 0.1) is 6.54 Å². The second-order valence-corrected chi connectivity index (χ2v) is 5.84. The van der Waals surface area contributed by atoms with E-state index in [4.69, 9.17) is 0 Å². The molecule has 0 aliphatic carbocycles. The van der Waals surface area contributed by atoms with Gasteiger partial charge in [-0.05, 0) is 30.9 Å². The van der Waals surface area contributed by atoms with Crippen LogP contribution in [0.1, 0.15) is 24.5 Å². The molecule has 2 rings (SSSR count). The van der Waals surface area contributed by atoms with E-state index in [0.29, 0.717) is 6.54 Å². The molecule has 4 heteroatoms. The maximum atomic E-state index is 11.8. The van der Waals surface area contributed by atoms with Crippen molar-refractivity contribution in [2.75, 3.05) is 13.1 Å². The van der Waals surface area contributed by atoms with Gasteiger partial charge in [-0.1, -0.05) is 60.7 Å². The summed E-state index contributed by atoms with van der Waals surface area (Å²) in [6.45, 7) is 2.47. The summed E-state index contributed by atoms with van der Waals surface area (Å²) in [5.41, 5.74) is 0.967. The van der Waals surface area contributed by atoms with Gasteiger partial charge in [0.1, 0.15) is 5.60 Å². The molecule has 1 atom stereocenters. The van der Waals surface area contributed by atoms with E-state index >= 15 is 0 Å². The predicted molar refractivity (Wildman–Crippen MR) is 92.2 cm³/mol. The van der Waals surface area contributed by atoms with Gasteiger partial charge in [0.25, 0.3) is 0 Å². The number of hydrogen-bond donors (Lipinski definition) is 3. The molecule has 0 saturated heterocycles. The van der Waals surface area contributed by atoms with Crippen molar-refractivity contribution in [3.05, 3.63) is 71.8 Å². The highest BCUT2D eigenvalue weighted by Gasteiger charge is 2.23. The lowest BCUT2D eigenvalue weighted by atomic mass is 9.96. The maximum Gasteiger partial charge on any atom is 0.314 e. The standard InChI is InChI=1S/C19H24N2O2/c1-19(23,17-12-6-3-7-13-17)15-21-18(22)20-14-8-11-16-9-4-2-5-10-16/h2-7,9-10,12-13,23H,8,11,14-15H2,1H3,(H2,20,21,22). The van der Waals surface area contributed by atoms with Gasteiger partial charge in [-0.2, -0.15) is 0 Å². The molecule has 3 N–H and O–H groups in total. The smallest absolute Gasteiger partial charge is 0.314 e. The second-order valence-electron chi connectivity index (χ2n) is 5.84. The van der Waals surface area contributed by atoms with E-state index in [0.717, 1.165) is 18.4 Å². The number of nitrogens with one attached hydrogen (secondary N) is 2. The van der Waals surface area contributed by atoms with Crippen LogP contribution < -0.4 is 10.6 Å². The largest absolute Gasteiger partial charge is 0.384 e. The zero-order valence-electron chi connectivity index (χ0n) is 13.5. The lowest BCUT2D eigenvalue weighted by Crippen LogP contribution is -2.43. The number of carbonyl (C=O) groups is 1. The molecule has 2 aromatic carbocycles. The first-order valence-electron chi connectivity index (χ1n) is 7.91.